The zero-order valence-electron chi connectivity index (χ0n) is 28.7. The minimum absolute atomic E-state index is 0.0784. The van der Waals surface area contributed by atoms with Crippen LogP contribution < -0.4 is 20.7 Å². The average molecular weight is 693 g/mol. The van der Waals surface area contributed by atoms with E-state index >= 15 is 0 Å². The van der Waals surface area contributed by atoms with E-state index in [1.54, 1.807) is 20.8 Å². The van der Waals surface area contributed by atoms with E-state index in [9.17, 15) is 27.6 Å². The molecule has 12 heteroatoms. The fourth-order valence-corrected chi connectivity index (χ4v) is 7.58. The van der Waals surface area contributed by atoms with E-state index in [4.69, 9.17) is 4.74 Å². The number of ether oxygens (including phenoxy) is 1. The molecule has 0 unspecified atom stereocenters. The Bertz CT molecular complexity index is 1710. The zero-order chi connectivity index (χ0) is 35.4. The van der Waals surface area contributed by atoms with Gasteiger partial charge in [0.1, 0.15) is 23.2 Å². The number of hydrogen-bond donors (Lipinski definition) is 4. The van der Waals surface area contributed by atoms with Gasteiger partial charge < -0.3 is 20.7 Å². The maximum atomic E-state index is 14.2. The zero-order valence-corrected chi connectivity index (χ0v) is 29.5. The van der Waals surface area contributed by atoms with Crippen LogP contribution in [-0.4, -0.2) is 60.7 Å². The summed E-state index contributed by atoms with van der Waals surface area (Å²) in [6.07, 6.45) is 7.64. The summed E-state index contributed by atoms with van der Waals surface area (Å²) in [7, 11) is -3.86. The SMILES string of the molecule is Cc1ccccc1-c1cccc(C[C@@H]2NC(=O)[C@@H](NC(=O)OC(C)(C)C)CCCCC/C=C\[C@@H]3C[C@@]3(C(=O)NS(=O)(=O)C3CC3)NC2=O)c1. The molecule has 4 atom stereocenters. The monoisotopic (exact) mass is 692 g/mol. The largest absolute Gasteiger partial charge is 0.444 e. The standard InChI is InChI=1S/C37H48N4O7S/c1-24-13-10-11-17-29(24)26-15-12-14-25(21-26)22-31-33(43)40-37(34(44)41-49(46,47)28-19-20-28)23-27(37)16-8-6-5-7-9-18-30(32(42)38-31)39-35(45)48-36(2,3)4/h8,10-17,21,27-28,30-31H,5-7,9,18-20,22-23H2,1-4H3,(H,38,42)(H,39,45)(H,40,43)(H,41,44)/b16-8-/t27-,30+,31+,37-/m1/s1. The Morgan fingerprint density at radius 1 is 0.980 bits per heavy atom. The molecule has 1 heterocycles. The second kappa shape index (κ2) is 14.7. The van der Waals surface area contributed by atoms with Gasteiger partial charge in [-0.2, -0.15) is 0 Å². The van der Waals surface area contributed by atoms with E-state index in [-0.39, 0.29) is 12.8 Å². The van der Waals surface area contributed by atoms with E-state index in [0.717, 1.165) is 35.1 Å². The van der Waals surface area contributed by atoms with Crippen molar-refractivity contribution in [3.63, 3.8) is 0 Å². The number of aryl methyl sites for hydroxylation is 1. The van der Waals surface area contributed by atoms with Gasteiger partial charge in [-0.15, -0.1) is 0 Å². The van der Waals surface area contributed by atoms with Gasteiger partial charge in [0.25, 0.3) is 5.91 Å². The molecule has 0 saturated heterocycles. The van der Waals surface area contributed by atoms with Crippen molar-refractivity contribution in [3.05, 3.63) is 71.8 Å². The first-order valence-corrected chi connectivity index (χ1v) is 18.7. The summed E-state index contributed by atoms with van der Waals surface area (Å²) in [4.78, 5) is 54.4. The quantitative estimate of drug-likeness (QED) is 0.309. The van der Waals surface area contributed by atoms with Gasteiger partial charge in [-0.05, 0) is 88.5 Å². The van der Waals surface area contributed by atoms with Crippen molar-refractivity contribution in [2.24, 2.45) is 5.92 Å². The van der Waals surface area contributed by atoms with Crippen LogP contribution in [0.4, 0.5) is 4.79 Å². The van der Waals surface area contributed by atoms with Gasteiger partial charge in [0.05, 0.1) is 5.25 Å². The third kappa shape index (κ3) is 9.49. The number of alkyl carbamates (subject to hydrolysis) is 1. The molecule has 2 saturated carbocycles. The Morgan fingerprint density at radius 2 is 1.73 bits per heavy atom. The Kier molecular flexibility index (Phi) is 10.9. The predicted octanol–water partition coefficient (Wildman–Crippen LogP) is 4.59. The lowest BCUT2D eigenvalue weighted by atomic mass is 9.96. The predicted molar refractivity (Wildman–Crippen MR) is 187 cm³/mol. The van der Waals surface area contributed by atoms with Crippen molar-refractivity contribution < 1.29 is 32.3 Å². The first kappa shape index (κ1) is 36.1. The fraction of sp³-hybridized carbons (Fsp3) is 0.514. The van der Waals surface area contributed by atoms with Crippen LogP contribution in [0.2, 0.25) is 0 Å². The number of fused-ring (bicyclic) bond motifs is 1. The molecule has 3 aliphatic rings. The number of carbonyl (C=O) groups is 4. The summed E-state index contributed by atoms with van der Waals surface area (Å²) in [5.74, 6) is -2.37. The summed E-state index contributed by atoms with van der Waals surface area (Å²) < 4.78 is 33.2. The van der Waals surface area contributed by atoms with Gasteiger partial charge in [0, 0.05) is 12.3 Å². The molecule has 49 heavy (non-hydrogen) atoms. The van der Waals surface area contributed by atoms with Crippen LogP contribution in [0.3, 0.4) is 0 Å². The van der Waals surface area contributed by atoms with Crippen molar-refractivity contribution in [2.45, 2.75) is 114 Å². The molecule has 2 aliphatic carbocycles. The summed E-state index contributed by atoms with van der Waals surface area (Å²) in [5, 5.41) is 7.79. The van der Waals surface area contributed by atoms with Gasteiger partial charge in [0.2, 0.25) is 21.8 Å². The topological polar surface area (TPSA) is 160 Å². The number of hydrogen-bond acceptors (Lipinski definition) is 7. The summed E-state index contributed by atoms with van der Waals surface area (Å²) >= 11 is 0. The first-order valence-electron chi connectivity index (χ1n) is 17.2. The van der Waals surface area contributed by atoms with Crippen molar-refractivity contribution in [3.8, 4) is 11.1 Å². The Labute approximate surface area is 289 Å². The van der Waals surface area contributed by atoms with E-state index in [1.165, 1.54) is 0 Å². The molecule has 0 spiro atoms. The Morgan fingerprint density at radius 3 is 2.45 bits per heavy atom. The molecule has 2 aromatic carbocycles. The number of allylic oxidation sites excluding steroid dienone is 1. The number of nitrogens with one attached hydrogen (secondary N) is 4. The van der Waals surface area contributed by atoms with Crippen LogP contribution in [0.1, 0.15) is 83.3 Å². The molecule has 0 aromatic heterocycles. The van der Waals surface area contributed by atoms with Gasteiger partial charge in [-0.25, -0.2) is 13.2 Å². The van der Waals surface area contributed by atoms with Crippen LogP contribution in [-0.2, 0) is 35.6 Å². The van der Waals surface area contributed by atoms with Gasteiger partial charge in [0.15, 0.2) is 0 Å². The van der Waals surface area contributed by atoms with Crippen molar-refractivity contribution in [2.75, 3.05) is 0 Å². The third-order valence-corrected chi connectivity index (χ3v) is 11.0. The van der Waals surface area contributed by atoms with Crippen molar-refractivity contribution in [1.82, 2.24) is 20.7 Å². The van der Waals surface area contributed by atoms with Crippen molar-refractivity contribution >= 4 is 33.8 Å². The van der Waals surface area contributed by atoms with Gasteiger partial charge >= 0.3 is 6.09 Å². The number of sulfonamides is 1. The third-order valence-electron chi connectivity index (χ3n) is 9.16. The molecule has 2 aromatic rings. The highest BCUT2D eigenvalue weighted by atomic mass is 32.2. The lowest BCUT2D eigenvalue weighted by molar-refractivity contribution is -0.133. The van der Waals surface area contributed by atoms with E-state index in [0.29, 0.717) is 32.1 Å². The molecule has 11 nitrogen and oxygen atoms in total. The van der Waals surface area contributed by atoms with Gasteiger partial charge in [-0.3, -0.25) is 19.1 Å². The highest BCUT2D eigenvalue weighted by molar-refractivity contribution is 7.91. The maximum Gasteiger partial charge on any atom is 0.408 e. The molecule has 0 bridgehead atoms. The Balaban J connectivity index is 1.45. The maximum absolute atomic E-state index is 14.2. The van der Waals surface area contributed by atoms with Crippen LogP contribution >= 0.6 is 0 Å². The normalized spacial score (nSPS) is 25.7. The molecule has 4 N–H and O–H groups in total. The van der Waals surface area contributed by atoms with E-state index < -0.39 is 68.2 Å². The van der Waals surface area contributed by atoms with Crippen LogP contribution in [0.5, 0.6) is 0 Å². The molecule has 264 valence electrons. The molecular formula is C37H48N4O7S. The van der Waals surface area contributed by atoms with Crippen LogP contribution in [0, 0.1) is 12.8 Å². The van der Waals surface area contributed by atoms with Gasteiger partial charge in [-0.1, -0.05) is 73.5 Å². The number of benzene rings is 2. The summed E-state index contributed by atoms with van der Waals surface area (Å²) in [6.45, 7) is 7.21. The molecular weight excluding hydrogens is 644 g/mol. The molecule has 5 rings (SSSR count). The smallest absolute Gasteiger partial charge is 0.408 e. The lowest BCUT2D eigenvalue weighted by Crippen LogP contribution is -2.59. The minimum Gasteiger partial charge on any atom is -0.444 e. The summed E-state index contributed by atoms with van der Waals surface area (Å²) in [6, 6.07) is 13.5. The second-order valence-corrected chi connectivity index (χ2v) is 16.5. The highest BCUT2D eigenvalue weighted by Gasteiger charge is 2.61. The number of rotatable bonds is 7. The average Bonchev–Trinajstić information content (AvgIpc) is 3.95. The molecule has 2 fully saturated rings. The van der Waals surface area contributed by atoms with Crippen LogP contribution in [0.25, 0.3) is 11.1 Å². The Hall–Kier alpha value is -4.19. The van der Waals surface area contributed by atoms with E-state index in [2.05, 4.69) is 20.7 Å². The molecule has 0 radical (unpaired) electrons. The minimum atomic E-state index is -3.86. The number of carbonyl (C=O) groups excluding carboxylic acids is 4. The molecule has 1 aliphatic heterocycles. The molecule has 4 amide bonds. The lowest BCUT2D eigenvalue weighted by Gasteiger charge is -2.27. The highest BCUT2D eigenvalue weighted by Crippen LogP contribution is 2.46. The van der Waals surface area contributed by atoms with Crippen LogP contribution in [0.15, 0.2) is 60.7 Å². The number of amides is 4. The first-order chi connectivity index (χ1) is 23.2. The summed E-state index contributed by atoms with van der Waals surface area (Å²) in [5.41, 5.74) is 1.56. The van der Waals surface area contributed by atoms with E-state index in [1.807, 2.05) is 67.6 Å². The fourth-order valence-electron chi connectivity index (χ4n) is 6.22. The second-order valence-electron chi connectivity index (χ2n) is 14.5. The van der Waals surface area contributed by atoms with Crippen molar-refractivity contribution in [1.29, 1.82) is 0 Å².